The third-order valence-electron chi connectivity index (χ3n) is 5.77. The number of H-pyrrole nitrogens is 1. The SMILES string of the molecule is C[C@@H]1C[C@H](CS(=O)(=O)CCC(C)(F)F)C[C@@H]1c1cnc2cnc3[nH]ccc3n12. The number of nitrogens with one attached hydrogen (secondary N) is 1. The Hall–Kier alpha value is -2.03. The number of fused-ring (bicyclic) bond motifs is 3. The van der Waals surface area contributed by atoms with Gasteiger partial charge in [0.25, 0.3) is 0 Å². The van der Waals surface area contributed by atoms with Crippen LogP contribution in [0.2, 0.25) is 0 Å². The summed E-state index contributed by atoms with van der Waals surface area (Å²) >= 11 is 0. The van der Waals surface area contributed by atoms with Gasteiger partial charge in [0.15, 0.2) is 21.1 Å². The highest BCUT2D eigenvalue weighted by Gasteiger charge is 2.37. The minimum absolute atomic E-state index is 0.0235. The maximum absolute atomic E-state index is 13.0. The van der Waals surface area contributed by atoms with Crippen LogP contribution in [0.4, 0.5) is 8.78 Å². The highest BCUT2D eigenvalue weighted by molar-refractivity contribution is 7.91. The summed E-state index contributed by atoms with van der Waals surface area (Å²) in [5.41, 5.74) is 3.53. The quantitative estimate of drug-likeness (QED) is 0.670. The second-order valence-corrected chi connectivity index (χ2v) is 10.4. The summed E-state index contributed by atoms with van der Waals surface area (Å²) in [7, 11) is -3.50. The zero-order valence-electron chi connectivity index (χ0n) is 15.9. The Morgan fingerprint density at radius 2 is 2.07 bits per heavy atom. The van der Waals surface area contributed by atoms with Crippen LogP contribution in [0.1, 0.15) is 44.7 Å². The lowest BCUT2D eigenvalue weighted by Crippen LogP contribution is -2.22. The minimum atomic E-state index is -3.50. The molecule has 0 saturated heterocycles. The molecule has 3 aromatic rings. The number of hydrogen-bond donors (Lipinski definition) is 1. The molecule has 1 N–H and O–H groups in total. The molecule has 0 unspecified atom stereocenters. The molecule has 1 fully saturated rings. The summed E-state index contributed by atoms with van der Waals surface area (Å²) in [6, 6.07) is 1.95. The normalized spacial score (nSPS) is 23.8. The summed E-state index contributed by atoms with van der Waals surface area (Å²) in [4.78, 5) is 11.9. The number of aromatic nitrogens is 4. The Bertz CT molecular complexity index is 1100. The van der Waals surface area contributed by atoms with Crippen molar-refractivity contribution in [1.82, 2.24) is 19.4 Å². The summed E-state index contributed by atoms with van der Waals surface area (Å²) in [6.07, 6.45) is 6.25. The van der Waals surface area contributed by atoms with E-state index in [0.29, 0.717) is 6.42 Å². The molecule has 3 heterocycles. The van der Waals surface area contributed by atoms with Crippen LogP contribution in [0, 0.1) is 11.8 Å². The number of halogens is 2. The molecule has 1 aliphatic carbocycles. The van der Waals surface area contributed by atoms with E-state index in [1.54, 1.807) is 6.20 Å². The van der Waals surface area contributed by atoms with Crippen molar-refractivity contribution in [3.05, 3.63) is 30.4 Å². The molecule has 6 nitrogen and oxygen atoms in total. The summed E-state index contributed by atoms with van der Waals surface area (Å²) < 4.78 is 52.8. The van der Waals surface area contributed by atoms with Gasteiger partial charge in [-0.3, -0.25) is 4.40 Å². The Morgan fingerprint density at radius 1 is 1.29 bits per heavy atom. The highest BCUT2D eigenvalue weighted by Crippen LogP contribution is 2.44. The van der Waals surface area contributed by atoms with Crippen LogP contribution in [0.3, 0.4) is 0 Å². The largest absolute Gasteiger partial charge is 0.345 e. The van der Waals surface area contributed by atoms with Crippen molar-refractivity contribution in [3.8, 4) is 0 Å². The first kappa shape index (κ1) is 19.3. The molecule has 3 atom stereocenters. The van der Waals surface area contributed by atoms with Crippen molar-refractivity contribution in [3.63, 3.8) is 0 Å². The zero-order valence-corrected chi connectivity index (χ0v) is 16.7. The fourth-order valence-corrected chi connectivity index (χ4v) is 6.28. The molecule has 28 heavy (non-hydrogen) atoms. The van der Waals surface area contributed by atoms with E-state index < -0.39 is 27.9 Å². The second kappa shape index (κ2) is 6.79. The molecule has 1 saturated carbocycles. The van der Waals surface area contributed by atoms with E-state index >= 15 is 0 Å². The molecule has 0 spiro atoms. The van der Waals surface area contributed by atoms with Crippen LogP contribution in [0.5, 0.6) is 0 Å². The molecule has 0 bridgehead atoms. The van der Waals surface area contributed by atoms with Crippen molar-refractivity contribution in [2.45, 2.75) is 45.0 Å². The smallest absolute Gasteiger partial charge is 0.246 e. The average Bonchev–Trinajstić information content (AvgIpc) is 3.29. The van der Waals surface area contributed by atoms with Gasteiger partial charge in [0.1, 0.15) is 0 Å². The molecule has 0 amide bonds. The summed E-state index contributed by atoms with van der Waals surface area (Å²) in [5.74, 6) is -3.01. The van der Waals surface area contributed by atoms with Gasteiger partial charge in [-0.15, -0.1) is 0 Å². The van der Waals surface area contributed by atoms with E-state index in [0.717, 1.165) is 35.8 Å². The maximum Gasteiger partial charge on any atom is 0.246 e. The Morgan fingerprint density at radius 3 is 2.82 bits per heavy atom. The lowest BCUT2D eigenvalue weighted by atomic mass is 9.95. The van der Waals surface area contributed by atoms with Crippen LogP contribution in [-0.2, 0) is 9.84 Å². The number of imidazole rings is 1. The van der Waals surface area contributed by atoms with Gasteiger partial charge in [0, 0.05) is 30.4 Å². The van der Waals surface area contributed by atoms with E-state index in [1.165, 1.54) is 0 Å². The number of nitrogens with zero attached hydrogens (tertiary/aromatic N) is 3. The van der Waals surface area contributed by atoms with E-state index in [-0.39, 0.29) is 23.5 Å². The van der Waals surface area contributed by atoms with Gasteiger partial charge in [0.2, 0.25) is 5.92 Å². The van der Waals surface area contributed by atoms with Gasteiger partial charge in [-0.05, 0) is 37.7 Å². The molecule has 3 aromatic heterocycles. The zero-order chi connectivity index (χ0) is 20.1. The second-order valence-electron chi connectivity index (χ2n) is 8.20. The van der Waals surface area contributed by atoms with E-state index in [1.807, 2.05) is 18.5 Å². The first-order valence-electron chi connectivity index (χ1n) is 9.51. The molecule has 4 rings (SSSR count). The van der Waals surface area contributed by atoms with Crippen molar-refractivity contribution < 1.29 is 17.2 Å². The van der Waals surface area contributed by atoms with Crippen LogP contribution in [0.25, 0.3) is 16.8 Å². The predicted molar refractivity (Wildman–Crippen MR) is 103 cm³/mol. The van der Waals surface area contributed by atoms with Crippen LogP contribution in [0.15, 0.2) is 24.7 Å². The van der Waals surface area contributed by atoms with Gasteiger partial charge in [-0.2, -0.15) is 0 Å². The standard InChI is InChI=1S/C19H24F2N4O2S/c1-12-7-13(11-28(26,27)6-4-19(2,20)21)8-14(12)16-9-23-17-10-24-18-15(25(16)17)3-5-22-18/h3,5,9-10,12-14,22H,4,6-8,11H2,1-2H3/t12-,13+,14+/m1/s1. The van der Waals surface area contributed by atoms with Crippen LogP contribution in [-0.4, -0.2) is 45.2 Å². The van der Waals surface area contributed by atoms with Crippen LogP contribution >= 0.6 is 0 Å². The van der Waals surface area contributed by atoms with Gasteiger partial charge >= 0.3 is 0 Å². The molecule has 1 aliphatic rings. The monoisotopic (exact) mass is 410 g/mol. The molecule has 0 radical (unpaired) electrons. The summed E-state index contributed by atoms with van der Waals surface area (Å²) in [6.45, 7) is 2.88. The highest BCUT2D eigenvalue weighted by atomic mass is 32.2. The van der Waals surface area contributed by atoms with E-state index in [4.69, 9.17) is 0 Å². The number of alkyl halides is 2. The fraction of sp³-hybridized carbons (Fsp3) is 0.579. The van der Waals surface area contributed by atoms with Gasteiger partial charge < -0.3 is 4.98 Å². The van der Waals surface area contributed by atoms with Crippen LogP contribution < -0.4 is 0 Å². The number of sulfone groups is 1. The average molecular weight is 410 g/mol. The number of hydrogen-bond acceptors (Lipinski definition) is 4. The Labute approximate surface area is 162 Å². The van der Waals surface area contributed by atoms with E-state index in [2.05, 4.69) is 26.3 Å². The van der Waals surface area contributed by atoms with Crippen molar-refractivity contribution in [2.24, 2.45) is 11.8 Å². The molecular formula is C19H24F2N4O2S. The molecule has 0 aromatic carbocycles. The Balaban J connectivity index is 1.55. The number of aromatic amines is 1. The molecule has 0 aliphatic heterocycles. The van der Waals surface area contributed by atoms with Gasteiger partial charge in [-0.1, -0.05) is 6.92 Å². The third kappa shape index (κ3) is 3.76. The lowest BCUT2D eigenvalue weighted by Gasteiger charge is -2.15. The minimum Gasteiger partial charge on any atom is -0.345 e. The van der Waals surface area contributed by atoms with E-state index in [9.17, 15) is 17.2 Å². The summed E-state index contributed by atoms with van der Waals surface area (Å²) in [5, 5.41) is 0. The first-order valence-corrected chi connectivity index (χ1v) is 11.3. The third-order valence-corrected chi connectivity index (χ3v) is 7.58. The fourth-order valence-electron chi connectivity index (χ4n) is 4.46. The molecule has 152 valence electrons. The molecule has 9 heteroatoms. The predicted octanol–water partition coefficient (Wildman–Crippen LogP) is 3.80. The van der Waals surface area contributed by atoms with Crippen molar-refractivity contribution in [2.75, 3.05) is 11.5 Å². The lowest BCUT2D eigenvalue weighted by molar-refractivity contribution is 0.0189. The topological polar surface area (TPSA) is 80.1 Å². The first-order chi connectivity index (χ1) is 13.1. The van der Waals surface area contributed by atoms with Crippen molar-refractivity contribution in [1.29, 1.82) is 0 Å². The maximum atomic E-state index is 13.0. The Kier molecular flexibility index (Phi) is 4.68. The molecular weight excluding hydrogens is 386 g/mol. The van der Waals surface area contributed by atoms with Gasteiger partial charge in [-0.25, -0.2) is 27.2 Å². The number of rotatable bonds is 6. The van der Waals surface area contributed by atoms with Gasteiger partial charge in [0.05, 0.1) is 23.2 Å². The van der Waals surface area contributed by atoms with Crippen molar-refractivity contribution >= 4 is 26.6 Å².